The molecule has 0 atom stereocenters. The van der Waals surface area contributed by atoms with Crippen LogP contribution in [0.5, 0.6) is 0 Å². The van der Waals surface area contributed by atoms with E-state index in [0.717, 1.165) is 19.3 Å². The Morgan fingerprint density at radius 1 is 1.32 bits per heavy atom. The summed E-state index contributed by atoms with van der Waals surface area (Å²) in [6.07, 6.45) is 7.67. The lowest BCUT2D eigenvalue weighted by Gasteiger charge is -2.13. The summed E-state index contributed by atoms with van der Waals surface area (Å²) in [6, 6.07) is 4.76. The molecule has 1 aliphatic rings. The summed E-state index contributed by atoms with van der Waals surface area (Å²) < 4.78 is 32.7. The number of aryl methyl sites for hydroxylation is 1. The first kappa shape index (κ1) is 15.2. The normalized spacial score (nSPS) is 16.0. The van der Waals surface area contributed by atoms with Gasteiger partial charge in [-0.1, -0.05) is 11.6 Å². The SMILES string of the molecule is Cc1nc2ccc(S(=O)(=O)NCCC3=CCCCC3)cc2o1. The van der Waals surface area contributed by atoms with Crippen LogP contribution in [0.1, 0.15) is 38.0 Å². The van der Waals surface area contributed by atoms with Crippen LogP contribution in [-0.2, 0) is 10.0 Å². The summed E-state index contributed by atoms with van der Waals surface area (Å²) >= 11 is 0. The molecule has 0 unspecified atom stereocenters. The Labute approximate surface area is 130 Å². The third-order valence-corrected chi connectivity index (χ3v) is 5.36. The van der Waals surface area contributed by atoms with Crippen LogP contribution in [0.3, 0.4) is 0 Å². The Morgan fingerprint density at radius 2 is 2.18 bits per heavy atom. The van der Waals surface area contributed by atoms with Gasteiger partial charge in [-0.3, -0.25) is 0 Å². The number of rotatable bonds is 5. The lowest BCUT2D eigenvalue weighted by Crippen LogP contribution is -2.25. The zero-order valence-corrected chi connectivity index (χ0v) is 13.4. The second-order valence-electron chi connectivity index (χ2n) is 5.62. The zero-order chi connectivity index (χ0) is 15.6. The van der Waals surface area contributed by atoms with E-state index in [0.29, 0.717) is 23.5 Å². The molecule has 0 amide bonds. The van der Waals surface area contributed by atoms with Crippen LogP contribution in [0.2, 0.25) is 0 Å². The number of sulfonamides is 1. The van der Waals surface area contributed by atoms with Crippen molar-refractivity contribution in [2.24, 2.45) is 0 Å². The van der Waals surface area contributed by atoms with E-state index in [4.69, 9.17) is 4.42 Å². The molecule has 0 fully saturated rings. The topological polar surface area (TPSA) is 72.2 Å². The molecule has 1 aliphatic carbocycles. The number of hydrogen-bond acceptors (Lipinski definition) is 4. The fourth-order valence-electron chi connectivity index (χ4n) is 2.75. The monoisotopic (exact) mass is 320 g/mol. The molecule has 0 spiro atoms. The standard InChI is InChI=1S/C16H20N2O3S/c1-12-18-15-8-7-14(11-16(15)21-12)22(19,20)17-10-9-13-5-3-2-4-6-13/h5,7-8,11,17H,2-4,6,9-10H2,1H3. The highest BCUT2D eigenvalue weighted by Gasteiger charge is 2.16. The van der Waals surface area contributed by atoms with Crippen LogP contribution in [0.25, 0.3) is 11.1 Å². The third kappa shape index (κ3) is 3.39. The molecule has 118 valence electrons. The molecule has 1 heterocycles. The van der Waals surface area contributed by atoms with Gasteiger partial charge >= 0.3 is 0 Å². The number of aromatic nitrogens is 1. The van der Waals surface area contributed by atoms with Gasteiger partial charge in [0.05, 0.1) is 4.90 Å². The molecule has 0 bridgehead atoms. The van der Waals surface area contributed by atoms with Gasteiger partial charge in [-0.15, -0.1) is 0 Å². The average Bonchev–Trinajstić information content (AvgIpc) is 2.87. The fourth-order valence-corrected chi connectivity index (χ4v) is 3.80. The molecular weight excluding hydrogens is 300 g/mol. The molecule has 5 nitrogen and oxygen atoms in total. The molecule has 3 rings (SSSR count). The summed E-state index contributed by atoms with van der Waals surface area (Å²) in [5.41, 5.74) is 2.52. The van der Waals surface area contributed by atoms with Gasteiger partial charge < -0.3 is 4.42 Å². The summed E-state index contributed by atoms with van der Waals surface area (Å²) in [4.78, 5) is 4.39. The number of oxazole rings is 1. The molecular formula is C16H20N2O3S. The van der Waals surface area contributed by atoms with Gasteiger partial charge in [0, 0.05) is 19.5 Å². The Kier molecular flexibility index (Phi) is 4.31. The van der Waals surface area contributed by atoms with E-state index in [-0.39, 0.29) is 4.90 Å². The fraction of sp³-hybridized carbons (Fsp3) is 0.438. The lowest BCUT2D eigenvalue weighted by molar-refractivity contribution is 0.558. The summed E-state index contributed by atoms with van der Waals surface area (Å²) in [6.45, 7) is 2.17. The van der Waals surface area contributed by atoms with E-state index in [2.05, 4.69) is 15.8 Å². The third-order valence-electron chi connectivity index (χ3n) is 3.90. The van der Waals surface area contributed by atoms with Crippen molar-refractivity contribution >= 4 is 21.1 Å². The largest absolute Gasteiger partial charge is 0.441 e. The van der Waals surface area contributed by atoms with E-state index in [9.17, 15) is 8.42 Å². The predicted molar refractivity (Wildman–Crippen MR) is 85.1 cm³/mol. The van der Waals surface area contributed by atoms with Gasteiger partial charge in [-0.25, -0.2) is 18.1 Å². The minimum atomic E-state index is -3.51. The van der Waals surface area contributed by atoms with Gasteiger partial charge in [0.1, 0.15) is 5.52 Å². The van der Waals surface area contributed by atoms with Crippen LogP contribution in [0, 0.1) is 6.92 Å². The molecule has 6 heteroatoms. The van der Waals surface area contributed by atoms with Gasteiger partial charge in [-0.2, -0.15) is 0 Å². The number of allylic oxidation sites excluding steroid dienone is 1. The number of nitrogens with zero attached hydrogens (tertiary/aromatic N) is 1. The summed E-state index contributed by atoms with van der Waals surface area (Å²) in [5.74, 6) is 0.529. The maximum atomic E-state index is 12.3. The van der Waals surface area contributed by atoms with E-state index in [1.165, 1.54) is 24.5 Å². The molecule has 1 aromatic carbocycles. The van der Waals surface area contributed by atoms with Gasteiger partial charge in [0.15, 0.2) is 11.5 Å². The minimum absolute atomic E-state index is 0.216. The van der Waals surface area contributed by atoms with E-state index < -0.39 is 10.0 Å². The summed E-state index contributed by atoms with van der Waals surface area (Å²) in [7, 11) is -3.51. The second-order valence-corrected chi connectivity index (χ2v) is 7.39. The van der Waals surface area contributed by atoms with Crippen molar-refractivity contribution in [3.05, 3.63) is 35.7 Å². The van der Waals surface area contributed by atoms with Crippen molar-refractivity contribution in [3.8, 4) is 0 Å². The van der Waals surface area contributed by atoms with Crippen LogP contribution in [-0.4, -0.2) is 19.9 Å². The lowest BCUT2D eigenvalue weighted by atomic mass is 9.97. The molecule has 22 heavy (non-hydrogen) atoms. The highest BCUT2D eigenvalue weighted by Crippen LogP contribution is 2.21. The molecule has 0 aliphatic heterocycles. The first-order chi connectivity index (χ1) is 10.5. The molecule has 0 saturated heterocycles. The molecule has 1 N–H and O–H groups in total. The summed E-state index contributed by atoms with van der Waals surface area (Å²) in [5, 5.41) is 0. The van der Waals surface area contributed by atoms with Crippen LogP contribution >= 0.6 is 0 Å². The van der Waals surface area contributed by atoms with E-state index in [1.54, 1.807) is 19.1 Å². The number of fused-ring (bicyclic) bond motifs is 1. The Balaban J connectivity index is 1.69. The van der Waals surface area contributed by atoms with Gasteiger partial charge in [0.25, 0.3) is 0 Å². The Morgan fingerprint density at radius 3 is 2.95 bits per heavy atom. The average molecular weight is 320 g/mol. The van der Waals surface area contributed by atoms with Crippen molar-refractivity contribution in [2.45, 2.75) is 43.9 Å². The zero-order valence-electron chi connectivity index (χ0n) is 12.6. The Hall–Kier alpha value is -1.66. The number of nitrogens with one attached hydrogen (secondary N) is 1. The smallest absolute Gasteiger partial charge is 0.240 e. The maximum Gasteiger partial charge on any atom is 0.240 e. The van der Waals surface area contributed by atoms with Crippen molar-refractivity contribution < 1.29 is 12.8 Å². The minimum Gasteiger partial charge on any atom is -0.441 e. The van der Waals surface area contributed by atoms with Crippen LogP contribution in [0.4, 0.5) is 0 Å². The molecule has 0 radical (unpaired) electrons. The molecule has 0 saturated carbocycles. The quantitative estimate of drug-likeness (QED) is 0.858. The van der Waals surface area contributed by atoms with Crippen molar-refractivity contribution in [1.29, 1.82) is 0 Å². The van der Waals surface area contributed by atoms with E-state index >= 15 is 0 Å². The van der Waals surface area contributed by atoms with Gasteiger partial charge in [0.2, 0.25) is 10.0 Å². The Bertz CT molecular complexity index is 806. The van der Waals surface area contributed by atoms with Crippen molar-refractivity contribution in [2.75, 3.05) is 6.54 Å². The molecule has 1 aromatic heterocycles. The van der Waals surface area contributed by atoms with Crippen LogP contribution < -0.4 is 4.72 Å². The second kappa shape index (κ2) is 6.22. The van der Waals surface area contributed by atoms with Crippen molar-refractivity contribution in [3.63, 3.8) is 0 Å². The predicted octanol–water partition coefficient (Wildman–Crippen LogP) is 3.31. The number of benzene rings is 1. The highest BCUT2D eigenvalue weighted by atomic mass is 32.2. The van der Waals surface area contributed by atoms with Crippen molar-refractivity contribution in [1.82, 2.24) is 9.71 Å². The first-order valence-corrected chi connectivity index (χ1v) is 9.08. The van der Waals surface area contributed by atoms with E-state index in [1.807, 2.05) is 0 Å². The van der Waals surface area contributed by atoms with Crippen LogP contribution in [0.15, 0.2) is 39.2 Å². The van der Waals surface area contributed by atoms with Gasteiger partial charge in [-0.05, 0) is 44.2 Å². The highest BCUT2D eigenvalue weighted by molar-refractivity contribution is 7.89. The maximum absolute atomic E-state index is 12.3. The molecule has 2 aromatic rings. The number of hydrogen-bond donors (Lipinski definition) is 1. The first-order valence-electron chi connectivity index (χ1n) is 7.59.